The van der Waals surface area contributed by atoms with Crippen molar-refractivity contribution in [1.82, 2.24) is 0 Å². The summed E-state index contributed by atoms with van der Waals surface area (Å²) in [6, 6.07) is 12.9. The lowest BCUT2D eigenvalue weighted by Gasteiger charge is -2.10. The smallest absolute Gasteiger partial charge is 0.223 e. The predicted octanol–water partition coefficient (Wildman–Crippen LogP) is 4.11. The Morgan fingerprint density at radius 2 is 1.43 bits per heavy atom. The summed E-state index contributed by atoms with van der Waals surface area (Å²) in [5.74, 6) is 0. The van der Waals surface area contributed by atoms with Gasteiger partial charge in [-0.15, -0.1) is 0 Å². The van der Waals surface area contributed by atoms with E-state index in [0.29, 0.717) is 10.9 Å². The molecule has 0 amide bonds. The minimum Gasteiger partial charge on any atom is -0.313 e. The second-order valence-corrected chi connectivity index (χ2v) is 6.49. The van der Waals surface area contributed by atoms with E-state index in [9.17, 15) is 9.36 Å². The molecule has 110 valence electrons. The highest BCUT2D eigenvalue weighted by Crippen LogP contribution is 2.30. The Hall–Kier alpha value is -1.56. The van der Waals surface area contributed by atoms with Crippen molar-refractivity contribution in [3.8, 4) is 0 Å². The van der Waals surface area contributed by atoms with Crippen molar-refractivity contribution in [3.05, 3.63) is 64.7 Å². The van der Waals surface area contributed by atoms with Gasteiger partial charge in [0.15, 0.2) is 7.80 Å². The van der Waals surface area contributed by atoms with Gasteiger partial charge in [-0.05, 0) is 31.9 Å². The molecule has 2 aromatic carbocycles. The molecule has 2 aromatic rings. The molecular formula is C16H18O3P2. The lowest BCUT2D eigenvalue weighted by atomic mass is 10.0. The third kappa shape index (κ3) is 4.20. The van der Waals surface area contributed by atoms with Crippen LogP contribution in [0.4, 0.5) is 0 Å². The van der Waals surface area contributed by atoms with Gasteiger partial charge in [0.25, 0.3) is 0 Å². The fourth-order valence-corrected chi connectivity index (χ4v) is 3.75. The first-order valence-electron chi connectivity index (χ1n) is 6.43. The van der Waals surface area contributed by atoms with Crippen molar-refractivity contribution in [1.29, 1.82) is 0 Å². The number of rotatable bonds is 3. The van der Waals surface area contributed by atoms with Gasteiger partial charge >= 0.3 is 0 Å². The number of carbonyl (C=O) groups excluding carboxylic acids is 1. The van der Waals surface area contributed by atoms with Crippen molar-refractivity contribution < 1.29 is 13.9 Å². The van der Waals surface area contributed by atoms with E-state index >= 15 is 0 Å². The van der Waals surface area contributed by atoms with Crippen molar-refractivity contribution in [2.24, 2.45) is 0 Å². The van der Waals surface area contributed by atoms with Crippen LogP contribution in [0.15, 0.2) is 42.5 Å². The number of hydrogen-bond donors (Lipinski definition) is 0. The molecule has 2 rings (SSSR count). The highest BCUT2D eigenvalue weighted by molar-refractivity contribution is 7.71. The van der Waals surface area contributed by atoms with Crippen LogP contribution in [0.25, 0.3) is 0 Å². The van der Waals surface area contributed by atoms with E-state index in [-0.39, 0.29) is 5.52 Å². The van der Waals surface area contributed by atoms with Crippen LogP contribution < -0.4 is 5.30 Å². The molecule has 1 atom stereocenters. The number of hydrogen-bond acceptors (Lipinski definition) is 3. The van der Waals surface area contributed by atoms with Gasteiger partial charge in [0.2, 0.25) is 5.52 Å². The van der Waals surface area contributed by atoms with Gasteiger partial charge in [0.05, 0.1) is 0 Å². The maximum atomic E-state index is 12.4. The summed E-state index contributed by atoms with van der Waals surface area (Å²) in [5, 5.41) is 0.622. The van der Waals surface area contributed by atoms with Crippen molar-refractivity contribution in [3.63, 3.8) is 0 Å². The lowest BCUT2D eigenvalue weighted by molar-refractivity contribution is 0.107. The molecule has 0 heterocycles. The molecule has 0 bridgehead atoms. The zero-order chi connectivity index (χ0) is 16.0. The molecule has 5 heteroatoms. The van der Waals surface area contributed by atoms with Crippen LogP contribution >= 0.6 is 16.9 Å². The monoisotopic (exact) mass is 320 g/mol. The number of benzene rings is 2. The first kappa shape index (κ1) is 17.5. The van der Waals surface area contributed by atoms with E-state index < -0.39 is 7.80 Å². The highest BCUT2D eigenvalue weighted by atomic mass is 31.1. The molecule has 0 radical (unpaired) electrons. The van der Waals surface area contributed by atoms with Gasteiger partial charge < -0.3 is 4.57 Å². The van der Waals surface area contributed by atoms with Crippen LogP contribution in [0, 0.1) is 20.8 Å². The van der Waals surface area contributed by atoms with Crippen LogP contribution in [0.1, 0.15) is 27.0 Å². The minimum absolute atomic E-state index is 0.244. The van der Waals surface area contributed by atoms with Crippen molar-refractivity contribution in [2.75, 3.05) is 0 Å². The van der Waals surface area contributed by atoms with E-state index in [2.05, 4.69) is 0 Å². The Balaban J connectivity index is 0.00000106. The van der Waals surface area contributed by atoms with Crippen LogP contribution in [0.3, 0.4) is 0 Å². The summed E-state index contributed by atoms with van der Waals surface area (Å²) in [4.78, 5) is 12.4. The largest absolute Gasteiger partial charge is 0.313 e. The number of aryl methyl sites for hydroxylation is 3. The Labute approximate surface area is 127 Å². The summed E-state index contributed by atoms with van der Waals surface area (Å²) in [5.41, 5.74) is 3.28. The van der Waals surface area contributed by atoms with Crippen LogP contribution in [-0.2, 0) is 9.13 Å². The quantitative estimate of drug-likeness (QED) is 0.800. The van der Waals surface area contributed by atoms with Gasteiger partial charge in [-0.3, -0.25) is 9.36 Å². The van der Waals surface area contributed by atoms with Crippen LogP contribution in [-0.4, -0.2) is 5.52 Å². The average molecular weight is 320 g/mol. The fraction of sp³-hybridized carbons (Fsp3) is 0.188. The van der Waals surface area contributed by atoms with E-state index in [1.54, 1.807) is 33.4 Å². The SMILES string of the molecule is Cc1cc(C)c(C(=O)[PH](=O)c2ccccc2)c(C)c1.O=P. The molecule has 0 fully saturated rings. The maximum absolute atomic E-state index is 12.4. The predicted molar refractivity (Wildman–Crippen MR) is 89.1 cm³/mol. The molecule has 0 aliphatic heterocycles. The third-order valence-electron chi connectivity index (χ3n) is 3.15. The first-order valence-corrected chi connectivity index (χ1v) is 8.24. The maximum Gasteiger partial charge on any atom is 0.223 e. The van der Waals surface area contributed by atoms with E-state index in [0.717, 1.165) is 16.7 Å². The zero-order valence-corrected chi connectivity index (χ0v) is 14.3. The Bertz CT molecular complexity index is 643. The minimum atomic E-state index is -2.44. The Morgan fingerprint density at radius 3 is 1.90 bits per heavy atom. The van der Waals surface area contributed by atoms with Gasteiger partial charge in [0.1, 0.15) is 9.12 Å². The summed E-state index contributed by atoms with van der Waals surface area (Å²) in [7, 11) is -0.721. The Morgan fingerprint density at radius 1 is 0.952 bits per heavy atom. The van der Waals surface area contributed by atoms with Crippen LogP contribution in [0.5, 0.6) is 0 Å². The molecule has 0 aliphatic carbocycles. The molecule has 1 unspecified atom stereocenters. The van der Waals surface area contributed by atoms with Crippen molar-refractivity contribution in [2.45, 2.75) is 20.8 Å². The first-order chi connectivity index (χ1) is 10.0. The summed E-state index contributed by atoms with van der Waals surface area (Å²) < 4.78 is 20.4. The molecule has 3 nitrogen and oxygen atoms in total. The van der Waals surface area contributed by atoms with E-state index in [1.807, 2.05) is 39.0 Å². The second-order valence-electron chi connectivity index (χ2n) is 4.80. The van der Waals surface area contributed by atoms with Crippen molar-refractivity contribution >= 4 is 27.7 Å². The zero-order valence-electron chi connectivity index (χ0n) is 12.3. The van der Waals surface area contributed by atoms with Gasteiger partial charge in [-0.2, -0.15) is 0 Å². The molecule has 0 saturated carbocycles. The standard InChI is InChI=1S/C16H17O2P.HOP/c1-11-9-12(2)15(13(3)10-11)16(17)19(18)14-7-5-4-6-8-14;1-2/h4-10,19H,1-3H3;2H. The second kappa shape index (κ2) is 8.02. The fourth-order valence-electron chi connectivity index (χ4n) is 2.37. The Kier molecular flexibility index (Phi) is 6.68. The van der Waals surface area contributed by atoms with Gasteiger partial charge in [-0.1, -0.05) is 48.0 Å². The van der Waals surface area contributed by atoms with E-state index in [4.69, 9.17) is 4.57 Å². The van der Waals surface area contributed by atoms with E-state index in [1.165, 1.54) is 0 Å². The normalized spacial score (nSPS) is 11.2. The molecule has 0 spiro atoms. The van der Waals surface area contributed by atoms with Gasteiger partial charge in [-0.25, -0.2) is 0 Å². The molecule has 0 aromatic heterocycles. The molecule has 0 N–H and O–H groups in total. The molecule has 0 saturated heterocycles. The average Bonchev–Trinajstić information content (AvgIpc) is 2.48. The third-order valence-corrected chi connectivity index (χ3v) is 4.67. The summed E-state index contributed by atoms with van der Waals surface area (Å²) in [6.07, 6.45) is 0. The lowest BCUT2D eigenvalue weighted by Crippen LogP contribution is -2.07. The molecular weight excluding hydrogens is 302 g/mol. The summed E-state index contributed by atoms with van der Waals surface area (Å²) >= 11 is 0. The highest BCUT2D eigenvalue weighted by Gasteiger charge is 2.20. The molecule has 21 heavy (non-hydrogen) atoms. The summed E-state index contributed by atoms with van der Waals surface area (Å²) in [6.45, 7) is 5.79. The molecule has 0 aliphatic rings. The topological polar surface area (TPSA) is 51.2 Å². The number of carbonyl (C=O) groups is 1. The van der Waals surface area contributed by atoms with Crippen LogP contribution in [0.2, 0.25) is 0 Å². The van der Waals surface area contributed by atoms with Gasteiger partial charge in [0, 0.05) is 10.9 Å².